The molecule has 2 aromatic carbocycles. The number of nitrogens with zero attached hydrogens (tertiary/aromatic N) is 3. The van der Waals surface area contributed by atoms with E-state index in [-0.39, 0.29) is 0 Å². The average Bonchev–Trinajstić information content (AvgIpc) is 3.34. The van der Waals surface area contributed by atoms with Crippen LogP contribution in [0, 0.1) is 6.92 Å². The first-order valence-electron chi connectivity index (χ1n) is 9.41. The van der Waals surface area contributed by atoms with E-state index in [4.69, 9.17) is 0 Å². The zero-order chi connectivity index (χ0) is 19.6. The standard InChI is InChI=1S/C23H19N5S/c1-15-6-5-9-20-21(15)17(12-24-20)13-27-28-22-19-11-18(29-23(19)26-14-25-22)10-16-7-3-2-4-8-16/h2-9,11-14,24H,10H2,1H3,(H,25,26,28)/b27-13+. The van der Waals surface area contributed by atoms with Gasteiger partial charge in [-0.3, -0.25) is 5.43 Å². The summed E-state index contributed by atoms with van der Waals surface area (Å²) in [6.45, 7) is 2.11. The van der Waals surface area contributed by atoms with Crippen LogP contribution in [0.1, 0.15) is 21.6 Å². The van der Waals surface area contributed by atoms with Gasteiger partial charge < -0.3 is 4.98 Å². The van der Waals surface area contributed by atoms with Crippen molar-refractivity contribution < 1.29 is 0 Å². The molecule has 0 aliphatic rings. The van der Waals surface area contributed by atoms with E-state index in [2.05, 4.69) is 80.9 Å². The Morgan fingerprint density at radius 2 is 2.00 bits per heavy atom. The Balaban J connectivity index is 1.41. The van der Waals surface area contributed by atoms with Gasteiger partial charge in [0.05, 0.1) is 11.6 Å². The maximum absolute atomic E-state index is 4.44. The minimum atomic E-state index is 0.721. The summed E-state index contributed by atoms with van der Waals surface area (Å²) in [5.41, 5.74) is 7.76. The second kappa shape index (κ2) is 7.48. The van der Waals surface area contributed by atoms with Crippen molar-refractivity contribution in [3.05, 3.63) is 88.7 Å². The number of aryl methyl sites for hydroxylation is 1. The van der Waals surface area contributed by atoms with Crippen LogP contribution in [-0.2, 0) is 6.42 Å². The Morgan fingerprint density at radius 1 is 1.10 bits per heavy atom. The molecule has 5 nitrogen and oxygen atoms in total. The van der Waals surface area contributed by atoms with Crippen molar-refractivity contribution in [2.45, 2.75) is 13.3 Å². The zero-order valence-electron chi connectivity index (χ0n) is 15.9. The van der Waals surface area contributed by atoms with Crippen molar-refractivity contribution in [3.8, 4) is 0 Å². The molecule has 142 valence electrons. The second-order valence-corrected chi connectivity index (χ2v) is 8.04. The molecule has 0 fully saturated rings. The molecular weight excluding hydrogens is 378 g/mol. The van der Waals surface area contributed by atoms with E-state index in [9.17, 15) is 0 Å². The highest BCUT2D eigenvalue weighted by Crippen LogP contribution is 2.29. The summed E-state index contributed by atoms with van der Waals surface area (Å²) in [7, 11) is 0. The number of rotatable bonds is 5. The third-order valence-electron chi connectivity index (χ3n) is 4.92. The van der Waals surface area contributed by atoms with Crippen molar-refractivity contribution in [2.75, 3.05) is 5.43 Å². The van der Waals surface area contributed by atoms with Crippen molar-refractivity contribution in [1.29, 1.82) is 0 Å². The maximum atomic E-state index is 4.44. The topological polar surface area (TPSA) is 66.0 Å². The number of hydrogen-bond donors (Lipinski definition) is 2. The van der Waals surface area contributed by atoms with Gasteiger partial charge in [-0.05, 0) is 30.2 Å². The number of fused-ring (bicyclic) bond motifs is 2. The second-order valence-electron chi connectivity index (χ2n) is 6.93. The van der Waals surface area contributed by atoms with Crippen LogP contribution in [0.15, 0.2) is 72.2 Å². The number of thiophene rings is 1. The summed E-state index contributed by atoms with van der Waals surface area (Å²) in [5.74, 6) is 0.721. The fourth-order valence-electron chi connectivity index (χ4n) is 3.54. The Morgan fingerprint density at radius 3 is 2.90 bits per heavy atom. The molecule has 5 rings (SSSR count). The van der Waals surface area contributed by atoms with E-state index in [1.54, 1.807) is 17.7 Å². The van der Waals surface area contributed by atoms with E-state index < -0.39 is 0 Å². The first-order chi connectivity index (χ1) is 14.3. The van der Waals surface area contributed by atoms with Crippen LogP contribution < -0.4 is 5.43 Å². The fourth-order valence-corrected chi connectivity index (χ4v) is 4.57. The number of hydrazone groups is 1. The highest BCUT2D eigenvalue weighted by atomic mass is 32.1. The van der Waals surface area contributed by atoms with Gasteiger partial charge >= 0.3 is 0 Å². The molecular formula is C23H19N5S. The third kappa shape index (κ3) is 3.50. The molecule has 2 N–H and O–H groups in total. The number of anilines is 1. The van der Waals surface area contributed by atoms with Crippen molar-refractivity contribution in [2.24, 2.45) is 5.10 Å². The molecule has 0 radical (unpaired) electrons. The Bertz CT molecular complexity index is 1320. The molecule has 6 heteroatoms. The van der Waals surface area contributed by atoms with Gasteiger partial charge in [0.25, 0.3) is 0 Å². The smallest absolute Gasteiger partial charge is 0.158 e. The Labute approximate surface area is 172 Å². The van der Waals surface area contributed by atoms with Gasteiger partial charge in [0.15, 0.2) is 5.82 Å². The van der Waals surface area contributed by atoms with E-state index in [0.29, 0.717) is 0 Å². The lowest BCUT2D eigenvalue weighted by Crippen LogP contribution is -1.94. The summed E-state index contributed by atoms with van der Waals surface area (Å²) >= 11 is 1.69. The summed E-state index contributed by atoms with van der Waals surface area (Å²) < 4.78 is 0. The van der Waals surface area contributed by atoms with Crippen LogP contribution >= 0.6 is 11.3 Å². The third-order valence-corrected chi connectivity index (χ3v) is 5.96. The fraction of sp³-hybridized carbons (Fsp3) is 0.0870. The molecule has 5 aromatic rings. The summed E-state index contributed by atoms with van der Waals surface area (Å²) in [6.07, 6.45) is 6.27. The molecule has 0 atom stereocenters. The largest absolute Gasteiger partial charge is 0.360 e. The predicted octanol–water partition coefficient (Wildman–Crippen LogP) is 5.52. The molecule has 0 unspecified atom stereocenters. The zero-order valence-corrected chi connectivity index (χ0v) is 16.7. The predicted molar refractivity (Wildman–Crippen MR) is 121 cm³/mol. The van der Waals surface area contributed by atoms with Crippen molar-refractivity contribution in [3.63, 3.8) is 0 Å². The molecule has 29 heavy (non-hydrogen) atoms. The molecule has 0 aliphatic heterocycles. The van der Waals surface area contributed by atoms with Gasteiger partial charge in [-0.15, -0.1) is 11.3 Å². The van der Waals surface area contributed by atoms with Gasteiger partial charge in [0.2, 0.25) is 0 Å². The van der Waals surface area contributed by atoms with E-state index in [1.807, 2.05) is 18.5 Å². The molecule has 0 saturated heterocycles. The van der Waals surface area contributed by atoms with Crippen LogP contribution in [0.25, 0.3) is 21.1 Å². The van der Waals surface area contributed by atoms with E-state index in [0.717, 1.165) is 33.5 Å². The highest BCUT2D eigenvalue weighted by Gasteiger charge is 2.09. The van der Waals surface area contributed by atoms with Gasteiger partial charge in [-0.1, -0.05) is 42.5 Å². The number of H-pyrrole nitrogens is 1. The lowest BCUT2D eigenvalue weighted by atomic mass is 10.1. The first-order valence-corrected chi connectivity index (χ1v) is 10.2. The number of aromatic nitrogens is 3. The number of benzene rings is 2. The normalized spacial score (nSPS) is 11.6. The van der Waals surface area contributed by atoms with Gasteiger partial charge in [0, 0.05) is 34.0 Å². The van der Waals surface area contributed by atoms with E-state index >= 15 is 0 Å². The van der Waals surface area contributed by atoms with Crippen molar-refractivity contribution in [1.82, 2.24) is 15.0 Å². The van der Waals surface area contributed by atoms with E-state index in [1.165, 1.54) is 21.4 Å². The number of hydrogen-bond acceptors (Lipinski definition) is 5. The molecule has 0 bridgehead atoms. The number of aromatic amines is 1. The minimum Gasteiger partial charge on any atom is -0.360 e. The SMILES string of the molecule is Cc1cccc2[nH]cc(/C=N/Nc3ncnc4sc(Cc5ccccc5)cc34)c12. The minimum absolute atomic E-state index is 0.721. The highest BCUT2D eigenvalue weighted by molar-refractivity contribution is 7.18. The molecule has 0 amide bonds. The van der Waals surface area contributed by atoms with Gasteiger partial charge in [0.1, 0.15) is 11.2 Å². The first kappa shape index (κ1) is 17.6. The van der Waals surface area contributed by atoms with Crippen molar-refractivity contribution >= 4 is 44.5 Å². The summed E-state index contributed by atoms with van der Waals surface area (Å²) in [6, 6.07) is 18.8. The Hall–Kier alpha value is -3.51. The molecule has 0 saturated carbocycles. The molecule has 3 heterocycles. The summed E-state index contributed by atoms with van der Waals surface area (Å²) in [5, 5.41) is 6.62. The number of nitrogens with one attached hydrogen (secondary N) is 2. The van der Waals surface area contributed by atoms with Crippen LogP contribution in [-0.4, -0.2) is 21.2 Å². The lowest BCUT2D eigenvalue weighted by molar-refractivity contribution is 1.19. The Kier molecular flexibility index (Phi) is 4.54. The maximum Gasteiger partial charge on any atom is 0.158 e. The van der Waals surface area contributed by atoms with Gasteiger partial charge in [-0.25, -0.2) is 9.97 Å². The molecule has 3 aromatic heterocycles. The average molecular weight is 398 g/mol. The van der Waals surface area contributed by atoms with Crippen LogP contribution in [0.4, 0.5) is 5.82 Å². The van der Waals surface area contributed by atoms with Crippen LogP contribution in [0.2, 0.25) is 0 Å². The molecule has 0 spiro atoms. The quantitative estimate of drug-likeness (QED) is 0.303. The lowest BCUT2D eigenvalue weighted by Gasteiger charge is -2.00. The monoisotopic (exact) mass is 397 g/mol. The van der Waals surface area contributed by atoms with Crippen LogP contribution in [0.5, 0.6) is 0 Å². The molecule has 0 aliphatic carbocycles. The summed E-state index contributed by atoms with van der Waals surface area (Å²) in [4.78, 5) is 14.3. The van der Waals surface area contributed by atoms with Crippen LogP contribution in [0.3, 0.4) is 0 Å². The van der Waals surface area contributed by atoms with Gasteiger partial charge in [-0.2, -0.15) is 5.10 Å².